The first-order valence-corrected chi connectivity index (χ1v) is 12.3. The van der Waals surface area contributed by atoms with E-state index >= 15 is 0 Å². The molecule has 0 fully saturated rings. The van der Waals surface area contributed by atoms with E-state index in [0.29, 0.717) is 31.1 Å². The summed E-state index contributed by atoms with van der Waals surface area (Å²) in [5.41, 5.74) is 4.21. The summed E-state index contributed by atoms with van der Waals surface area (Å²) in [5, 5.41) is 12.0. The van der Waals surface area contributed by atoms with Gasteiger partial charge in [0.2, 0.25) is 11.8 Å². The van der Waals surface area contributed by atoms with Crippen molar-refractivity contribution in [3.8, 4) is 17.2 Å². The van der Waals surface area contributed by atoms with Gasteiger partial charge in [0.15, 0.2) is 0 Å². The molecule has 0 saturated heterocycles. The Morgan fingerprint density at radius 1 is 1.05 bits per heavy atom. The number of rotatable bonds is 12. The van der Waals surface area contributed by atoms with Gasteiger partial charge in [-0.15, -0.1) is 0 Å². The number of aromatic nitrogens is 2. The van der Waals surface area contributed by atoms with E-state index in [1.807, 2.05) is 61.5 Å². The maximum Gasteiger partial charge on any atom is 0.303 e. The van der Waals surface area contributed by atoms with Crippen LogP contribution in [0.5, 0.6) is 5.75 Å². The Morgan fingerprint density at radius 3 is 2.66 bits per heavy atom. The second kappa shape index (κ2) is 13.0. The van der Waals surface area contributed by atoms with Crippen molar-refractivity contribution in [3.05, 3.63) is 107 Å². The molecule has 8 nitrogen and oxygen atoms in total. The first-order chi connectivity index (χ1) is 18.5. The second-order valence-electron chi connectivity index (χ2n) is 8.65. The highest BCUT2D eigenvalue weighted by Gasteiger charge is 2.12. The molecule has 2 aromatic carbocycles. The van der Waals surface area contributed by atoms with Crippen molar-refractivity contribution in [2.75, 3.05) is 6.61 Å². The van der Waals surface area contributed by atoms with Gasteiger partial charge in [0.05, 0.1) is 12.3 Å². The van der Waals surface area contributed by atoms with Gasteiger partial charge in [-0.05, 0) is 66.4 Å². The van der Waals surface area contributed by atoms with Gasteiger partial charge in [-0.25, -0.2) is 4.98 Å². The molecule has 0 bridgehead atoms. The summed E-state index contributed by atoms with van der Waals surface area (Å²) < 4.78 is 11.8. The highest BCUT2D eigenvalue weighted by Crippen LogP contribution is 2.23. The predicted molar refractivity (Wildman–Crippen MR) is 143 cm³/mol. The van der Waals surface area contributed by atoms with E-state index in [2.05, 4.69) is 15.3 Å². The Kier molecular flexibility index (Phi) is 9.02. The zero-order valence-electron chi connectivity index (χ0n) is 21.1. The predicted octanol–water partition coefficient (Wildman–Crippen LogP) is 5.01. The number of aryl methyl sites for hydroxylation is 2. The number of ether oxygens (including phenoxy) is 1. The van der Waals surface area contributed by atoms with Crippen molar-refractivity contribution in [3.63, 3.8) is 0 Å². The van der Waals surface area contributed by atoms with Crippen LogP contribution in [0, 0.1) is 6.92 Å². The van der Waals surface area contributed by atoms with E-state index in [1.54, 1.807) is 24.5 Å². The van der Waals surface area contributed by atoms with Crippen LogP contribution in [0.4, 0.5) is 0 Å². The molecule has 194 valence electrons. The van der Waals surface area contributed by atoms with E-state index in [9.17, 15) is 9.59 Å². The van der Waals surface area contributed by atoms with Crippen LogP contribution in [0.1, 0.15) is 34.6 Å². The number of carboxylic acids is 1. The minimum Gasteiger partial charge on any atom is -0.493 e. The third kappa shape index (κ3) is 7.64. The zero-order valence-corrected chi connectivity index (χ0v) is 21.1. The Bertz CT molecular complexity index is 1400. The number of carbonyl (C=O) groups excluding carboxylic acids is 1. The number of oxazole rings is 1. The summed E-state index contributed by atoms with van der Waals surface area (Å²) in [6.45, 7) is 2.51. The SMILES string of the molecule is Cc1oc(-c2ccccc2)nc1CCOc1ccc(CCC(=O)O)c(CNC(=O)/C=C/c2cccnc2)c1. The lowest BCUT2D eigenvalue weighted by Crippen LogP contribution is -2.21. The summed E-state index contributed by atoms with van der Waals surface area (Å²) in [4.78, 5) is 32.1. The van der Waals surface area contributed by atoms with Gasteiger partial charge >= 0.3 is 5.97 Å². The number of pyridine rings is 1. The average molecular weight is 512 g/mol. The molecule has 2 heterocycles. The van der Waals surface area contributed by atoms with E-state index in [1.165, 1.54) is 6.08 Å². The van der Waals surface area contributed by atoms with Gasteiger partial charge in [-0.3, -0.25) is 14.6 Å². The molecule has 38 heavy (non-hydrogen) atoms. The topological polar surface area (TPSA) is 115 Å². The highest BCUT2D eigenvalue weighted by molar-refractivity contribution is 5.91. The number of aliphatic carboxylic acids is 1. The van der Waals surface area contributed by atoms with Gasteiger partial charge in [-0.1, -0.05) is 30.3 Å². The fourth-order valence-electron chi connectivity index (χ4n) is 3.86. The smallest absolute Gasteiger partial charge is 0.303 e. The van der Waals surface area contributed by atoms with Crippen molar-refractivity contribution in [2.45, 2.75) is 32.7 Å². The molecule has 0 aliphatic heterocycles. The van der Waals surface area contributed by atoms with Gasteiger partial charge in [-0.2, -0.15) is 0 Å². The lowest BCUT2D eigenvalue weighted by atomic mass is 10.0. The molecular formula is C30H29N3O5. The van der Waals surface area contributed by atoms with Crippen LogP contribution < -0.4 is 10.1 Å². The average Bonchev–Trinajstić information content (AvgIpc) is 3.31. The second-order valence-corrected chi connectivity index (χ2v) is 8.65. The normalized spacial score (nSPS) is 11.0. The van der Waals surface area contributed by atoms with Crippen LogP contribution in [0.3, 0.4) is 0 Å². The molecule has 8 heteroatoms. The molecule has 0 aliphatic carbocycles. The van der Waals surface area contributed by atoms with Crippen molar-refractivity contribution >= 4 is 18.0 Å². The molecule has 0 aliphatic rings. The van der Waals surface area contributed by atoms with Gasteiger partial charge in [0.1, 0.15) is 11.5 Å². The first-order valence-electron chi connectivity index (χ1n) is 12.3. The van der Waals surface area contributed by atoms with Crippen LogP contribution in [0.25, 0.3) is 17.5 Å². The molecule has 0 spiro atoms. The Morgan fingerprint density at radius 2 is 1.89 bits per heavy atom. The number of hydrogen-bond donors (Lipinski definition) is 2. The minimum absolute atomic E-state index is 0.00273. The van der Waals surface area contributed by atoms with Crippen molar-refractivity contribution in [1.29, 1.82) is 0 Å². The van der Waals surface area contributed by atoms with Crippen LogP contribution in [-0.2, 0) is 29.0 Å². The zero-order chi connectivity index (χ0) is 26.7. The van der Waals surface area contributed by atoms with Crippen LogP contribution >= 0.6 is 0 Å². The lowest BCUT2D eigenvalue weighted by molar-refractivity contribution is -0.137. The van der Waals surface area contributed by atoms with Crippen molar-refractivity contribution in [2.24, 2.45) is 0 Å². The molecule has 0 saturated carbocycles. The van der Waals surface area contributed by atoms with Crippen molar-refractivity contribution in [1.82, 2.24) is 15.3 Å². The Balaban J connectivity index is 1.38. The summed E-state index contributed by atoms with van der Waals surface area (Å²) in [7, 11) is 0. The van der Waals surface area contributed by atoms with Gasteiger partial charge in [0, 0.05) is 43.4 Å². The number of benzene rings is 2. The quantitative estimate of drug-likeness (QED) is 0.257. The van der Waals surface area contributed by atoms with Crippen LogP contribution in [0.2, 0.25) is 0 Å². The lowest BCUT2D eigenvalue weighted by Gasteiger charge is -2.13. The number of hydrogen-bond acceptors (Lipinski definition) is 6. The summed E-state index contributed by atoms with van der Waals surface area (Å²) in [5.74, 6) is 0.817. The molecule has 4 aromatic rings. The fraction of sp³-hybridized carbons (Fsp3) is 0.200. The summed E-state index contributed by atoms with van der Waals surface area (Å²) >= 11 is 0. The van der Waals surface area contributed by atoms with Gasteiger partial charge < -0.3 is 19.6 Å². The minimum atomic E-state index is -0.877. The number of carbonyl (C=O) groups is 2. The molecule has 0 unspecified atom stereocenters. The molecule has 2 aromatic heterocycles. The molecule has 4 rings (SSSR count). The summed E-state index contributed by atoms with van der Waals surface area (Å²) in [6, 6.07) is 18.9. The van der Waals surface area contributed by atoms with Crippen LogP contribution in [-0.4, -0.2) is 33.6 Å². The largest absolute Gasteiger partial charge is 0.493 e. The molecule has 0 atom stereocenters. The Hall–Kier alpha value is -4.72. The van der Waals surface area contributed by atoms with Crippen molar-refractivity contribution < 1.29 is 23.8 Å². The van der Waals surface area contributed by atoms with E-state index in [0.717, 1.165) is 33.7 Å². The molecule has 2 N–H and O–H groups in total. The molecule has 1 amide bonds. The highest BCUT2D eigenvalue weighted by atomic mass is 16.5. The molecule has 0 radical (unpaired) electrons. The number of amides is 1. The Labute approximate surface area is 221 Å². The molecular weight excluding hydrogens is 482 g/mol. The number of carboxylic acid groups (broad SMARTS) is 1. The number of nitrogens with zero attached hydrogens (tertiary/aromatic N) is 2. The van der Waals surface area contributed by atoms with Gasteiger partial charge in [0.25, 0.3) is 0 Å². The van der Waals surface area contributed by atoms with E-state index in [4.69, 9.17) is 14.3 Å². The van der Waals surface area contributed by atoms with E-state index in [-0.39, 0.29) is 18.9 Å². The first kappa shape index (κ1) is 26.3. The maximum absolute atomic E-state index is 12.4. The standard InChI is InChI=1S/C30H29N3O5/c1-21-27(33-30(38-21)24-7-3-2-4-8-24)15-17-37-26-12-10-23(11-14-29(35)36)25(18-26)20-32-28(34)13-9-22-6-5-16-31-19-22/h2-10,12-13,16,18-19H,11,14-15,17,20H2,1H3,(H,32,34)(H,35,36)/b13-9+. The number of nitrogens with one attached hydrogen (secondary N) is 1. The van der Waals surface area contributed by atoms with E-state index < -0.39 is 5.97 Å². The maximum atomic E-state index is 12.4. The summed E-state index contributed by atoms with van der Waals surface area (Å²) in [6.07, 6.45) is 7.37. The third-order valence-electron chi connectivity index (χ3n) is 5.87. The fourth-order valence-corrected chi connectivity index (χ4v) is 3.86. The monoisotopic (exact) mass is 511 g/mol. The third-order valence-corrected chi connectivity index (χ3v) is 5.87. The van der Waals surface area contributed by atoms with Crippen LogP contribution in [0.15, 0.2) is 83.6 Å².